The summed E-state index contributed by atoms with van der Waals surface area (Å²) in [6.45, 7) is 0. The van der Waals surface area contributed by atoms with Crippen LogP contribution < -0.4 is 11.1 Å². The van der Waals surface area contributed by atoms with E-state index in [-0.39, 0.29) is 12.1 Å². The molecule has 1 saturated carbocycles. The highest BCUT2D eigenvalue weighted by atomic mass is 35.5. The van der Waals surface area contributed by atoms with Crippen molar-refractivity contribution >= 4 is 23.4 Å². The number of nitrogens with zero attached hydrogens (tertiary/aromatic N) is 2. The van der Waals surface area contributed by atoms with E-state index in [0.29, 0.717) is 6.04 Å². The SMILES string of the molecule is Nc1ncc(Cc2ccc(Cl)cc2)c(N[C@H]2CC[C@H](O)CC2)n1. The predicted octanol–water partition coefficient (Wildman–Crippen LogP) is 3.02. The van der Waals surface area contributed by atoms with E-state index in [4.69, 9.17) is 17.3 Å². The zero-order valence-corrected chi connectivity index (χ0v) is 13.6. The molecule has 0 saturated heterocycles. The number of rotatable bonds is 4. The molecule has 3 rings (SSSR count). The van der Waals surface area contributed by atoms with E-state index in [0.717, 1.165) is 54.1 Å². The first-order valence-corrected chi connectivity index (χ1v) is 8.28. The van der Waals surface area contributed by atoms with E-state index in [2.05, 4.69) is 15.3 Å². The summed E-state index contributed by atoms with van der Waals surface area (Å²) in [5, 5.41) is 13.8. The molecule has 0 aliphatic heterocycles. The summed E-state index contributed by atoms with van der Waals surface area (Å²) in [7, 11) is 0. The highest BCUT2D eigenvalue weighted by molar-refractivity contribution is 6.30. The third-order valence-corrected chi connectivity index (χ3v) is 4.48. The van der Waals surface area contributed by atoms with Crippen molar-refractivity contribution < 1.29 is 5.11 Å². The van der Waals surface area contributed by atoms with Crippen LogP contribution in [0.2, 0.25) is 5.02 Å². The number of benzene rings is 1. The van der Waals surface area contributed by atoms with Gasteiger partial charge in [0.1, 0.15) is 5.82 Å². The Balaban J connectivity index is 1.76. The fourth-order valence-corrected chi connectivity index (χ4v) is 3.04. The minimum atomic E-state index is -0.169. The number of hydrogen-bond acceptors (Lipinski definition) is 5. The van der Waals surface area contributed by atoms with Crippen molar-refractivity contribution in [1.82, 2.24) is 9.97 Å². The van der Waals surface area contributed by atoms with Gasteiger partial charge in [-0.1, -0.05) is 23.7 Å². The molecule has 4 N–H and O–H groups in total. The summed E-state index contributed by atoms with van der Waals surface area (Å²) in [5.74, 6) is 1.05. The number of aliphatic hydroxyl groups is 1. The monoisotopic (exact) mass is 332 g/mol. The molecule has 122 valence electrons. The van der Waals surface area contributed by atoms with Gasteiger partial charge in [-0.15, -0.1) is 0 Å². The third kappa shape index (κ3) is 4.33. The number of halogens is 1. The molecule has 2 aromatic rings. The van der Waals surface area contributed by atoms with Crippen LogP contribution in [0.3, 0.4) is 0 Å². The Morgan fingerprint density at radius 2 is 1.87 bits per heavy atom. The maximum Gasteiger partial charge on any atom is 0.221 e. The molecule has 23 heavy (non-hydrogen) atoms. The minimum absolute atomic E-state index is 0.169. The van der Waals surface area contributed by atoms with Gasteiger partial charge in [-0.2, -0.15) is 4.98 Å². The Morgan fingerprint density at radius 3 is 2.57 bits per heavy atom. The summed E-state index contributed by atoms with van der Waals surface area (Å²) in [5.41, 5.74) is 7.90. The van der Waals surface area contributed by atoms with Crippen LogP contribution in [0.4, 0.5) is 11.8 Å². The number of aromatic nitrogens is 2. The molecule has 1 aliphatic rings. The minimum Gasteiger partial charge on any atom is -0.393 e. The molecule has 0 atom stereocenters. The lowest BCUT2D eigenvalue weighted by atomic mass is 9.93. The highest BCUT2D eigenvalue weighted by Gasteiger charge is 2.20. The van der Waals surface area contributed by atoms with Crippen molar-refractivity contribution in [3.63, 3.8) is 0 Å². The summed E-state index contributed by atoms with van der Waals surface area (Å²) in [4.78, 5) is 8.49. The second-order valence-electron chi connectivity index (χ2n) is 6.06. The zero-order valence-electron chi connectivity index (χ0n) is 12.9. The van der Waals surface area contributed by atoms with Gasteiger partial charge in [0.2, 0.25) is 5.95 Å². The average molecular weight is 333 g/mol. The second-order valence-corrected chi connectivity index (χ2v) is 6.49. The molecule has 1 aromatic heterocycles. The van der Waals surface area contributed by atoms with Crippen LogP contribution in [0.1, 0.15) is 36.8 Å². The van der Waals surface area contributed by atoms with Crippen molar-refractivity contribution in [2.24, 2.45) is 0 Å². The molecule has 0 spiro atoms. The van der Waals surface area contributed by atoms with Gasteiger partial charge in [0.25, 0.3) is 0 Å². The van der Waals surface area contributed by atoms with Gasteiger partial charge >= 0.3 is 0 Å². The van der Waals surface area contributed by atoms with Crippen molar-refractivity contribution in [3.8, 4) is 0 Å². The molecule has 6 heteroatoms. The number of nitrogens with two attached hydrogens (primary N) is 1. The maximum atomic E-state index is 9.62. The molecule has 5 nitrogen and oxygen atoms in total. The van der Waals surface area contributed by atoms with E-state index in [1.165, 1.54) is 0 Å². The van der Waals surface area contributed by atoms with Gasteiger partial charge in [0.05, 0.1) is 6.10 Å². The number of nitrogen functional groups attached to an aromatic ring is 1. The first-order valence-electron chi connectivity index (χ1n) is 7.90. The number of anilines is 2. The Hall–Kier alpha value is -1.85. The summed E-state index contributed by atoms with van der Waals surface area (Å²) < 4.78 is 0. The molecule has 1 aliphatic carbocycles. The lowest BCUT2D eigenvalue weighted by Crippen LogP contribution is -2.29. The van der Waals surface area contributed by atoms with E-state index in [1.807, 2.05) is 24.3 Å². The van der Waals surface area contributed by atoms with Crippen LogP contribution in [0, 0.1) is 0 Å². The van der Waals surface area contributed by atoms with Crippen LogP contribution >= 0.6 is 11.6 Å². The molecular formula is C17H21ClN4O. The average Bonchev–Trinajstić information content (AvgIpc) is 2.54. The van der Waals surface area contributed by atoms with Crippen LogP contribution in [0.25, 0.3) is 0 Å². The van der Waals surface area contributed by atoms with E-state index in [1.54, 1.807) is 6.20 Å². The Morgan fingerprint density at radius 1 is 1.17 bits per heavy atom. The fourth-order valence-electron chi connectivity index (χ4n) is 2.91. The third-order valence-electron chi connectivity index (χ3n) is 4.23. The van der Waals surface area contributed by atoms with Crippen molar-refractivity contribution in [2.75, 3.05) is 11.1 Å². The Bertz CT molecular complexity index is 654. The standard InChI is InChI=1S/C17H21ClN4O/c18-13-3-1-11(2-4-13)9-12-10-20-17(19)22-16(12)21-14-5-7-15(23)8-6-14/h1-4,10,14-15,23H,5-9H2,(H3,19,20,21,22)/t14-,15-. The number of nitrogens with one attached hydrogen (secondary N) is 1. The molecule has 1 aromatic carbocycles. The number of hydrogen-bond donors (Lipinski definition) is 3. The smallest absolute Gasteiger partial charge is 0.221 e. The van der Waals surface area contributed by atoms with Crippen molar-refractivity contribution in [2.45, 2.75) is 44.2 Å². The molecule has 0 radical (unpaired) electrons. The van der Waals surface area contributed by atoms with Gasteiger partial charge in [-0.05, 0) is 43.4 Å². The molecule has 1 fully saturated rings. The highest BCUT2D eigenvalue weighted by Crippen LogP contribution is 2.24. The fraction of sp³-hybridized carbons (Fsp3) is 0.412. The lowest BCUT2D eigenvalue weighted by Gasteiger charge is -2.27. The Kier molecular flexibility index (Phi) is 4.98. The molecular weight excluding hydrogens is 312 g/mol. The predicted molar refractivity (Wildman–Crippen MR) is 92.6 cm³/mol. The molecule has 0 bridgehead atoms. The lowest BCUT2D eigenvalue weighted by molar-refractivity contribution is 0.126. The van der Waals surface area contributed by atoms with Crippen LogP contribution in [-0.4, -0.2) is 27.2 Å². The van der Waals surface area contributed by atoms with Gasteiger partial charge < -0.3 is 16.2 Å². The Labute approximate surface area is 140 Å². The topological polar surface area (TPSA) is 84.1 Å². The molecule has 1 heterocycles. The van der Waals surface area contributed by atoms with Crippen LogP contribution in [0.5, 0.6) is 0 Å². The molecule has 0 unspecified atom stereocenters. The van der Waals surface area contributed by atoms with Crippen molar-refractivity contribution in [1.29, 1.82) is 0 Å². The first-order chi connectivity index (χ1) is 11.1. The van der Waals surface area contributed by atoms with E-state index < -0.39 is 0 Å². The zero-order chi connectivity index (χ0) is 16.2. The summed E-state index contributed by atoms with van der Waals surface area (Å²) >= 11 is 5.93. The van der Waals surface area contributed by atoms with Crippen LogP contribution in [-0.2, 0) is 6.42 Å². The molecule has 0 amide bonds. The maximum absolute atomic E-state index is 9.62. The quantitative estimate of drug-likeness (QED) is 0.801. The largest absolute Gasteiger partial charge is 0.393 e. The summed E-state index contributed by atoms with van der Waals surface area (Å²) in [6, 6.07) is 8.07. The van der Waals surface area contributed by atoms with Gasteiger partial charge in [-0.25, -0.2) is 4.98 Å². The van der Waals surface area contributed by atoms with Gasteiger partial charge in [0.15, 0.2) is 0 Å². The van der Waals surface area contributed by atoms with Gasteiger partial charge in [0, 0.05) is 29.2 Å². The van der Waals surface area contributed by atoms with Gasteiger partial charge in [-0.3, -0.25) is 0 Å². The van der Waals surface area contributed by atoms with Crippen molar-refractivity contribution in [3.05, 3.63) is 46.6 Å². The van der Waals surface area contributed by atoms with E-state index >= 15 is 0 Å². The van der Waals surface area contributed by atoms with Crippen LogP contribution in [0.15, 0.2) is 30.5 Å². The summed E-state index contributed by atoms with van der Waals surface area (Å²) in [6.07, 6.45) is 5.84. The van der Waals surface area contributed by atoms with E-state index in [9.17, 15) is 5.11 Å². The first kappa shape index (κ1) is 16.0. The normalized spacial score (nSPS) is 21.1. The number of aliphatic hydroxyl groups excluding tert-OH is 1. The second kappa shape index (κ2) is 7.15.